The van der Waals surface area contributed by atoms with Crippen LogP contribution in [0.4, 0.5) is 13.2 Å². The monoisotopic (exact) mass is 378 g/mol. The Hall–Kier alpha value is -2.87. The van der Waals surface area contributed by atoms with Crippen molar-refractivity contribution in [3.05, 3.63) is 63.7 Å². The summed E-state index contributed by atoms with van der Waals surface area (Å²) in [6.07, 6.45) is -3.47. The topological polar surface area (TPSA) is 52.2 Å². The molecule has 0 bridgehead atoms. The molecule has 5 nitrogen and oxygen atoms in total. The van der Waals surface area contributed by atoms with Crippen LogP contribution in [0.25, 0.3) is 27.8 Å². The van der Waals surface area contributed by atoms with Crippen molar-refractivity contribution in [1.82, 2.24) is 19.2 Å². The number of nitrogens with zero attached hydrogens (tertiary/aromatic N) is 4. The van der Waals surface area contributed by atoms with Gasteiger partial charge in [0.1, 0.15) is 11.3 Å². The highest BCUT2D eigenvalue weighted by molar-refractivity contribution is 6.31. The number of halogens is 4. The van der Waals surface area contributed by atoms with Crippen LogP contribution in [0.3, 0.4) is 0 Å². The molecule has 0 saturated carbocycles. The van der Waals surface area contributed by atoms with E-state index in [1.165, 1.54) is 21.2 Å². The quantitative estimate of drug-likeness (QED) is 0.504. The van der Waals surface area contributed by atoms with Crippen LogP contribution >= 0.6 is 11.6 Å². The van der Waals surface area contributed by atoms with Gasteiger partial charge in [0.25, 0.3) is 5.56 Å². The van der Waals surface area contributed by atoms with Gasteiger partial charge in [-0.2, -0.15) is 18.3 Å². The van der Waals surface area contributed by atoms with Crippen molar-refractivity contribution in [3.63, 3.8) is 0 Å². The molecule has 0 aliphatic rings. The lowest BCUT2D eigenvalue weighted by molar-refractivity contribution is -0.141. The van der Waals surface area contributed by atoms with Gasteiger partial charge in [-0.25, -0.2) is 4.52 Å². The van der Waals surface area contributed by atoms with Gasteiger partial charge in [0.05, 0.1) is 16.6 Å². The molecule has 9 heteroatoms. The third-order valence-electron chi connectivity index (χ3n) is 4.10. The Morgan fingerprint density at radius 1 is 1.12 bits per heavy atom. The molecule has 0 fully saturated rings. The van der Waals surface area contributed by atoms with Gasteiger partial charge in [-0.1, -0.05) is 11.6 Å². The van der Waals surface area contributed by atoms with Gasteiger partial charge in [0.15, 0.2) is 0 Å². The molecule has 0 aliphatic heterocycles. The smallest absolute Gasteiger partial charge is 0.296 e. The second-order valence-corrected chi connectivity index (χ2v) is 6.19. The fourth-order valence-electron chi connectivity index (χ4n) is 2.82. The number of aryl methyl sites for hydroxylation is 1. The van der Waals surface area contributed by atoms with E-state index in [-0.39, 0.29) is 11.1 Å². The number of benzene rings is 1. The fourth-order valence-corrected chi connectivity index (χ4v) is 2.99. The zero-order valence-electron chi connectivity index (χ0n) is 13.3. The molecular formula is C17H10ClF3N4O. The summed E-state index contributed by atoms with van der Waals surface area (Å²) < 4.78 is 41.6. The molecule has 3 aromatic heterocycles. The second kappa shape index (κ2) is 5.57. The Labute approximate surface area is 149 Å². The van der Waals surface area contributed by atoms with E-state index in [0.29, 0.717) is 27.3 Å². The van der Waals surface area contributed by atoms with Crippen LogP contribution in [-0.2, 0) is 13.2 Å². The third kappa shape index (κ3) is 2.53. The first-order valence-corrected chi connectivity index (χ1v) is 7.85. The van der Waals surface area contributed by atoms with E-state index in [0.717, 1.165) is 12.3 Å². The van der Waals surface area contributed by atoms with Crippen molar-refractivity contribution in [3.8, 4) is 11.3 Å². The van der Waals surface area contributed by atoms with Gasteiger partial charge in [-0.15, -0.1) is 0 Å². The minimum Gasteiger partial charge on any atom is -0.296 e. The fraction of sp³-hybridized carbons (Fsp3) is 0.118. The predicted molar refractivity (Wildman–Crippen MR) is 91.2 cm³/mol. The molecule has 0 amide bonds. The number of rotatable bonds is 1. The van der Waals surface area contributed by atoms with Crippen LogP contribution in [0, 0.1) is 0 Å². The molecule has 132 valence electrons. The molecule has 4 aromatic rings. The van der Waals surface area contributed by atoms with Crippen molar-refractivity contribution in [2.75, 3.05) is 0 Å². The van der Waals surface area contributed by atoms with E-state index in [9.17, 15) is 18.0 Å². The molecule has 0 unspecified atom stereocenters. The van der Waals surface area contributed by atoms with E-state index in [2.05, 4.69) is 10.1 Å². The van der Waals surface area contributed by atoms with Crippen LogP contribution in [0.1, 0.15) is 5.69 Å². The third-order valence-corrected chi connectivity index (χ3v) is 4.34. The van der Waals surface area contributed by atoms with Crippen LogP contribution in [0.5, 0.6) is 0 Å². The number of aromatic nitrogens is 4. The normalized spacial score (nSPS) is 12.2. The average Bonchev–Trinajstić information content (AvgIpc) is 3.04. The van der Waals surface area contributed by atoms with Crippen LogP contribution in [-0.4, -0.2) is 19.2 Å². The molecule has 0 radical (unpaired) electrons. The van der Waals surface area contributed by atoms with E-state index < -0.39 is 11.9 Å². The summed E-state index contributed by atoms with van der Waals surface area (Å²) >= 11 is 5.96. The van der Waals surface area contributed by atoms with E-state index in [4.69, 9.17) is 11.6 Å². The van der Waals surface area contributed by atoms with Gasteiger partial charge in [-0.05, 0) is 30.3 Å². The molecule has 26 heavy (non-hydrogen) atoms. The maximum absolute atomic E-state index is 12.9. The largest absolute Gasteiger partial charge is 0.433 e. The van der Waals surface area contributed by atoms with Crippen molar-refractivity contribution in [2.45, 2.75) is 6.18 Å². The lowest BCUT2D eigenvalue weighted by atomic mass is 10.1. The summed E-state index contributed by atoms with van der Waals surface area (Å²) in [5.74, 6) is 0. The molecule has 4 rings (SSSR count). The summed E-state index contributed by atoms with van der Waals surface area (Å²) in [5, 5.41) is 5.16. The number of alkyl halides is 3. The van der Waals surface area contributed by atoms with E-state index in [1.54, 1.807) is 25.2 Å². The SMILES string of the molecule is Cn1c(=O)c2cc(Cl)ccc2n2nc(-c3ccnc(C(F)(F)F)c3)cc12. The zero-order chi connectivity index (χ0) is 18.6. The van der Waals surface area contributed by atoms with E-state index >= 15 is 0 Å². The molecule has 3 heterocycles. The highest BCUT2D eigenvalue weighted by atomic mass is 35.5. The highest BCUT2D eigenvalue weighted by Crippen LogP contribution is 2.30. The van der Waals surface area contributed by atoms with Gasteiger partial charge >= 0.3 is 6.18 Å². The van der Waals surface area contributed by atoms with Crippen LogP contribution < -0.4 is 5.56 Å². The van der Waals surface area contributed by atoms with Gasteiger partial charge in [-0.3, -0.25) is 14.3 Å². The lowest BCUT2D eigenvalue weighted by Gasteiger charge is -2.06. The predicted octanol–water partition coefficient (Wildman–Crippen LogP) is 3.92. The standard InChI is InChI=1S/C17H10ClF3N4O/c1-24-15-8-12(9-4-5-22-14(6-9)17(19,20)21)23-25(15)13-3-2-10(18)7-11(13)16(24)26/h2-8H,1H3. The van der Waals surface area contributed by atoms with Crippen molar-refractivity contribution in [2.24, 2.45) is 7.05 Å². The Bertz CT molecular complexity index is 1230. The summed E-state index contributed by atoms with van der Waals surface area (Å²) in [6, 6.07) is 8.74. The van der Waals surface area contributed by atoms with Gasteiger partial charge in [0.2, 0.25) is 0 Å². The second-order valence-electron chi connectivity index (χ2n) is 5.75. The molecule has 1 aromatic carbocycles. The molecule has 0 aliphatic carbocycles. The number of fused-ring (bicyclic) bond motifs is 3. The van der Waals surface area contributed by atoms with Gasteiger partial charge in [0, 0.05) is 29.9 Å². The summed E-state index contributed by atoms with van der Waals surface area (Å²) in [6.45, 7) is 0. The Morgan fingerprint density at radius 2 is 1.88 bits per heavy atom. The summed E-state index contributed by atoms with van der Waals surface area (Å²) in [7, 11) is 1.57. The van der Waals surface area contributed by atoms with Crippen LogP contribution in [0.15, 0.2) is 47.4 Å². The lowest BCUT2D eigenvalue weighted by Crippen LogP contribution is -2.19. The Balaban J connectivity index is 2.01. The molecule has 0 atom stereocenters. The summed E-state index contributed by atoms with van der Waals surface area (Å²) in [5.41, 5.74) is 0.250. The highest BCUT2D eigenvalue weighted by Gasteiger charge is 2.32. The molecule has 0 N–H and O–H groups in total. The minimum absolute atomic E-state index is 0.255. The van der Waals surface area contributed by atoms with Gasteiger partial charge < -0.3 is 0 Å². The van der Waals surface area contributed by atoms with Crippen molar-refractivity contribution in [1.29, 1.82) is 0 Å². The molecule has 0 saturated heterocycles. The van der Waals surface area contributed by atoms with Crippen LogP contribution in [0.2, 0.25) is 5.02 Å². The van der Waals surface area contributed by atoms with Crippen molar-refractivity contribution < 1.29 is 13.2 Å². The number of hydrogen-bond donors (Lipinski definition) is 0. The maximum Gasteiger partial charge on any atom is 0.433 e. The Morgan fingerprint density at radius 3 is 2.62 bits per heavy atom. The average molecular weight is 379 g/mol. The first kappa shape index (κ1) is 16.6. The first-order valence-electron chi connectivity index (χ1n) is 7.47. The van der Waals surface area contributed by atoms with Crippen molar-refractivity contribution >= 4 is 28.2 Å². The number of hydrogen-bond acceptors (Lipinski definition) is 3. The first-order chi connectivity index (χ1) is 12.3. The maximum atomic E-state index is 12.9. The number of pyridine rings is 1. The zero-order valence-corrected chi connectivity index (χ0v) is 14.0. The molecular weight excluding hydrogens is 369 g/mol. The van der Waals surface area contributed by atoms with E-state index in [1.807, 2.05) is 0 Å². The Kier molecular flexibility index (Phi) is 3.55. The molecule has 0 spiro atoms. The summed E-state index contributed by atoms with van der Waals surface area (Å²) in [4.78, 5) is 15.9. The minimum atomic E-state index is -4.55.